The maximum absolute atomic E-state index is 12.4. The molecule has 0 saturated heterocycles. The first-order chi connectivity index (χ1) is 13.0. The van der Waals surface area contributed by atoms with E-state index in [1.165, 1.54) is 6.20 Å². The Morgan fingerprint density at radius 1 is 1.11 bits per heavy atom. The minimum atomic E-state index is -0.597. The molecule has 1 aliphatic rings. The fourth-order valence-corrected chi connectivity index (χ4v) is 3.43. The van der Waals surface area contributed by atoms with Gasteiger partial charge >= 0.3 is 0 Å². The standard InChI is InChI=1S/C21H17ClN4O/c1-21(17-8-3-2-7-16(17)19(23)26-21)13-5-4-6-15(11-13)25-20(27)18-10-9-14(22)12-24-18/h2-12H,1H3,(H2,23,26)(H,25,27)/t21-/m1/s1. The van der Waals surface area contributed by atoms with Gasteiger partial charge in [0.1, 0.15) is 17.1 Å². The predicted octanol–water partition coefficient (Wildman–Crippen LogP) is 3.97. The van der Waals surface area contributed by atoms with Gasteiger partial charge in [0, 0.05) is 17.4 Å². The molecule has 0 radical (unpaired) electrons. The third-order valence-electron chi connectivity index (χ3n) is 4.71. The Labute approximate surface area is 161 Å². The third kappa shape index (κ3) is 3.06. The summed E-state index contributed by atoms with van der Waals surface area (Å²) in [6, 6.07) is 18.7. The van der Waals surface area contributed by atoms with Crippen molar-refractivity contribution in [3.63, 3.8) is 0 Å². The second-order valence-corrected chi connectivity index (χ2v) is 6.95. The van der Waals surface area contributed by atoms with Crippen LogP contribution >= 0.6 is 11.6 Å². The van der Waals surface area contributed by atoms with Crippen LogP contribution < -0.4 is 11.1 Å². The van der Waals surface area contributed by atoms with Crippen molar-refractivity contribution >= 4 is 29.0 Å². The maximum atomic E-state index is 12.4. The van der Waals surface area contributed by atoms with Crippen LogP contribution in [-0.2, 0) is 5.54 Å². The second kappa shape index (κ2) is 6.52. The lowest BCUT2D eigenvalue weighted by Crippen LogP contribution is -2.20. The van der Waals surface area contributed by atoms with E-state index in [-0.39, 0.29) is 5.91 Å². The number of amides is 1. The molecule has 3 N–H and O–H groups in total. The minimum absolute atomic E-state index is 0.296. The number of aliphatic imine (C=N–C) groups is 1. The topological polar surface area (TPSA) is 80.4 Å². The molecule has 0 aliphatic carbocycles. The number of benzene rings is 2. The lowest BCUT2D eigenvalue weighted by atomic mass is 9.85. The van der Waals surface area contributed by atoms with E-state index in [2.05, 4.69) is 10.3 Å². The molecule has 0 bridgehead atoms. The first-order valence-electron chi connectivity index (χ1n) is 8.46. The first kappa shape index (κ1) is 17.2. The molecular weight excluding hydrogens is 360 g/mol. The van der Waals surface area contributed by atoms with Gasteiger partial charge in [0.25, 0.3) is 5.91 Å². The molecule has 27 heavy (non-hydrogen) atoms. The van der Waals surface area contributed by atoms with Crippen LogP contribution in [0.5, 0.6) is 0 Å². The molecule has 6 heteroatoms. The summed E-state index contributed by atoms with van der Waals surface area (Å²) in [5.74, 6) is 0.219. The number of hydrogen-bond donors (Lipinski definition) is 2. The van der Waals surface area contributed by atoms with E-state index in [1.807, 2.05) is 55.5 Å². The number of carbonyl (C=O) groups excluding carboxylic acids is 1. The number of anilines is 1. The zero-order valence-electron chi connectivity index (χ0n) is 14.6. The number of nitrogens with zero attached hydrogens (tertiary/aromatic N) is 2. The number of rotatable bonds is 3. The Hall–Kier alpha value is -3.18. The van der Waals surface area contributed by atoms with Crippen LogP contribution in [-0.4, -0.2) is 16.7 Å². The number of nitrogens with one attached hydrogen (secondary N) is 1. The van der Waals surface area contributed by atoms with E-state index >= 15 is 0 Å². The van der Waals surface area contributed by atoms with Crippen LogP contribution in [0.3, 0.4) is 0 Å². The van der Waals surface area contributed by atoms with Gasteiger partial charge in [0.05, 0.1) is 5.02 Å². The summed E-state index contributed by atoms with van der Waals surface area (Å²) in [6.45, 7) is 2.02. The molecule has 3 aromatic rings. The van der Waals surface area contributed by atoms with Crippen LogP contribution in [0.1, 0.15) is 34.1 Å². The van der Waals surface area contributed by atoms with E-state index in [1.54, 1.807) is 12.1 Å². The van der Waals surface area contributed by atoms with Crippen LogP contribution in [0.2, 0.25) is 5.02 Å². The van der Waals surface area contributed by atoms with E-state index in [9.17, 15) is 4.79 Å². The molecule has 1 aromatic heterocycles. The molecular formula is C21H17ClN4O. The van der Waals surface area contributed by atoms with Crippen molar-refractivity contribution in [2.45, 2.75) is 12.5 Å². The van der Waals surface area contributed by atoms with Crippen LogP contribution in [0, 0.1) is 0 Å². The van der Waals surface area contributed by atoms with E-state index in [0.717, 1.165) is 16.7 Å². The summed E-state index contributed by atoms with van der Waals surface area (Å²) in [5, 5.41) is 3.35. The zero-order chi connectivity index (χ0) is 19.0. The smallest absolute Gasteiger partial charge is 0.274 e. The average Bonchev–Trinajstić information content (AvgIpc) is 2.95. The van der Waals surface area contributed by atoms with Gasteiger partial charge in [0.15, 0.2) is 0 Å². The van der Waals surface area contributed by atoms with Gasteiger partial charge in [-0.05, 0) is 42.3 Å². The molecule has 0 fully saturated rings. The summed E-state index contributed by atoms with van der Waals surface area (Å²) >= 11 is 5.82. The largest absolute Gasteiger partial charge is 0.383 e. The SMILES string of the molecule is C[C@]1(c2cccc(NC(=O)c3ccc(Cl)cn3)c2)N=C(N)c2ccccc21. The van der Waals surface area contributed by atoms with Gasteiger partial charge in [-0.25, -0.2) is 4.98 Å². The average molecular weight is 377 g/mol. The highest BCUT2D eigenvalue weighted by molar-refractivity contribution is 6.30. The highest BCUT2D eigenvalue weighted by atomic mass is 35.5. The van der Waals surface area contributed by atoms with E-state index < -0.39 is 5.54 Å². The van der Waals surface area contributed by atoms with Crippen molar-refractivity contribution < 1.29 is 4.79 Å². The van der Waals surface area contributed by atoms with Crippen LogP contribution in [0.4, 0.5) is 5.69 Å². The second-order valence-electron chi connectivity index (χ2n) is 6.51. The lowest BCUT2D eigenvalue weighted by molar-refractivity contribution is 0.102. The highest BCUT2D eigenvalue weighted by Crippen LogP contribution is 2.40. The molecule has 1 amide bonds. The highest BCUT2D eigenvalue weighted by Gasteiger charge is 2.36. The van der Waals surface area contributed by atoms with E-state index in [0.29, 0.717) is 22.2 Å². The Kier molecular flexibility index (Phi) is 4.16. The molecule has 4 rings (SSSR count). The summed E-state index contributed by atoms with van der Waals surface area (Å²) < 4.78 is 0. The van der Waals surface area contributed by atoms with Gasteiger partial charge in [-0.15, -0.1) is 0 Å². The Morgan fingerprint density at radius 3 is 2.70 bits per heavy atom. The Morgan fingerprint density at radius 2 is 1.93 bits per heavy atom. The molecule has 0 spiro atoms. The Balaban J connectivity index is 1.66. The van der Waals surface area contributed by atoms with Crippen LogP contribution in [0.15, 0.2) is 71.9 Å². The number of fused-ring (bicyclic) bond motifs is 1. The summed E-state index contributed by atoms with van der Waals surface area (Å²) in [6.07, 6.45) is 1.45. The van der Waals surface area contributed by atoms with Crippen molar-refractivity contribution in [2.75, 3.05) is 5.32 Å². The molecule has 0 saturated carbocycles. The van der Waals surface area contributed by atoms with Gasteiger partial charge in [-0.1, -0.05) is 48.0 Å². The van der Waals surface area contributed by atoms with Crippen molar-refractivity contribution in [2.24, 2.45) is 10.7 Å². The quantitative estimate of drug-likeness (QED) is 0.725. The molecule has 5 nitrogen and oxygen atoms in total. The number of aromatic nitrogens is 1. The molecule has 2 heterocycles. The number of amidine groups is 1. The summed E-state index contributed by atoms with van der Waals surface area (Å²) in [4.78, 5) is 21.2. The van der Waals surface area contributed by atoms with Gasteiger partial charge in [-0.3, -0.25) is 9.79 Å². The number of halogens is 1. The zero-order valence-corrected chi connectivity index (χ0v) is 15.4. The predicted molar refractivity (Wildman–Crippen MR) is 107 cm³/mol. The minimum Gasteiger partial charge on any atom is -0.383 e. The van der Waals surface area contributed by atoms with Crippen molar-refractivity contribution in [1.29, 1.82) is 0 Å². The number of hydrogen-bond acceptors (Lipinski definition) is 4. The number of carbonyl (C=O) groups is 1. The van der Waals surface area contributed by atoms with Crippen molar-refractivity contribution in [3.05, 3.63) is 94.3 Å². The number of nitrogens with two attached hydrogens (primary N) is 1. The summed E-state index contributed by atoms with van der Waals surface area (Å²) in [7, 11) is 0. The lowest BCUT2D eigenvalue weighted by Gasteiger charge is -2.24. The van der Waals surface area contributed by atoms with Crippen molar-refractivity contribution in [1.82, 2.24) is 4.98 Å². The van der Waals surface area contributed by atoms with Crippen molar-refractivity contribution in [3.8, 4) is 0 Å². The monoisotopic (exact) mass is 376 g/mol. The fraction of sp³-hybridized carbons (Fsp3) is 0.0952. The number of pyridine rings is 1. The van der Waals surface area contributed by atoms with Gasteiger partial charge in [-0.2, -0.15) is 0 Å². The first-order valence-corrected chi connectivity index (χ1v) is 8.84. The molecule has 2 aromatic carbocycles. The fourth-order valence-electron chi connectivity index (χ4n) is 3.32. The molecule has 134 valence electrons. The molecule has 0 unspecified atom stereocenters. The normalized spacial score (nSPS) is 17.9. The molecule has 1 atom stereocenters. The van der Waals surface area contributed by atoms with Crippen LogP contribution in [0.25, 0.3) is 0 Å². The van der Waals surface area contributed by atoms with Gasteiger partial charge in [0.2, 0.25) is 0 Å². The van der Waals surface area contributed by atoms with Gasteiger partial charge < -0.3 is 11.1 Å². The maximum Gasteiger partial charge on any atom is 0.274 e. The molecule has 1 aliphatic heterocycles. The Bertz CT molecular complexity index is 1060. The third-order valence-corrected chi connectivity index (χ3v) is 4.94. The van der Waals surface area contributed by atoms with E-state index in [4.69, 9.17) is 22.3 Å². The summed E-state index contributed by atoms with van der Waals surface area (Å²) in [5.41, 5.74) is 9.42.